The number of H-pyrrole nitrogens is 1. The number of halogens is 1. The average molecular weight is 322 g/mol. The molecule has 2 aromatic carbocycles. The Kier molecular flexibility index (Phi) is 3.35. The minimum atomic E-state index is -3.67. The van der Waals surface area contributed by atoms with Crippen molar-refractivity contribution in [1.82, 2.24) is 10.2 Å². The molecule has 2 N–H and O–H groups in total. The van der Waals surface area contributed by atoms with E-state index in [1.165, 1.54) is 0 Å². The average Bonchev–Trinajstić information content (AvgIpc) is 2.81. The van der Waals surface area contributed by atoms with Gasteiger partial charge in [-0.05, 0) is 37.3 Å². The molecular formula is C14H12ClN3O2S. The maximum atomic E-state index is 12.3. The predicted octanol–water partition coefficient (Wildman–Crippen LogP) is 3.33. The maximum absolute atomic E-state index is 12.3. The molecule has 3 aromatic rings. The second-order valence-corrected chi connectivity index (χ2v) is 6.80. The molecule has 0 unspecified atom stereocenters. The first-order valence-electron chi connectivity index (χ1n) is 6.19. The molecule has 0 bridgehead atoms. The first-order chi connectivity index (χ1) is 9.95. The fourth-order valence-electron chi connectivity index (χ4n) is 1.97. The molecule has 0 spiro atoms. The molecule has 108 valence electrons. The van der Waals surface area contributed by atoms with Crippen LogP contribution in [0.15, 0.2) is 47.4 Å². The van der Waals surface area contributed by atoms with Gasteiger partial charge in [0.1, 0.15) is 0 Å². The summed E-state index contributed by atoms with van der Waals surface area (Å²) in [6, 6.07) is 11.7. The smallest absolute Gasteiger partial charge is 0.263 e. The van der Waals surface area contributed by atoms with E-state index < -0.39 is 10.0 Å². The van der Waals surface area contributed by atoms with Crippen molar-refractivity contribution in [2.45, 2.75) is 11.8 Å². The van der Waals surface area contributed by atoms with Crippen LogP contribution in [0, 0.1) is 6.92 Å². The molecule has 21 heavy (non-hydrogen) atoms. The lowest BCUT2D eigenvalue weighted by Crippen LogP contribution is -2.13. The lowest BCUT2D eigenvalue weighted by atomic mass is 10.2. The number of hydrogen-bond donors (Lipinski definition) is 2. The van der Waals surface area contributed by atoms with Crippen molar-refractivity contribution in [2.24, 2.45) is 0 Å². The zero-order valence-electron chi connectivity index (χ0n) is 11.1. The largest absolute Gasteiger partial charge is 0.276 e. The lowest BCUT2D eigenvalue weighted by molar-refractivity contribution is 0.601. The standard InChI is InChI=1S/C14H12ClN3O2S/c1-9-2-5-11(6-3-9)21(19,20)18-14-12-7-4-10(15)8-13(12)16-17-14/h2-8H,1H3,(H2,16,17,18). The zero-order chi connectivity index (χ0) is 15.0. The van der Waals surface area contributed by atoms with E-state index in [1.54, 1.807) is 42.5 Å². The number of benzene rings is 2. The third-order valence-corrected chi connectivity index (χ3v) is 4.68. The molecule has 0 amide bonds. The number of sulfonamides is 1. The van der Waals surface area contributed by atoms with Gasteiger partial charge in [0, 0.05) is 10.4 Å². The fourth-order valence-corrected chi connectivity index (χ4v) is 3.17. The normalized spacial score (nSPS) is 11.7. The van der Waals surface area contributed by atoms with E-state index in [9.17, 15) is 8.42 Å². The monoisotopic (exact) mass is 321 g/mol. The van der Waals surface area contributed by atoms with Crippen LogP contribution in [-0.2, 0) is 10.0 Å². The second kappa shape index (κ2) is 5.05. The molecule has 0 aliphatic rings. The van der Waals surface area contributed by atoms with Crippen molar-refractivity contribution in [2.75, 3.05) is 4.72 Å². The fraction of sp³-hybridized carbons (Fsp3) is 0.0714. The van der Waals surface area contributed by atoms with Gasteiger partial charge in [0.15, 0.2) is 5.82 Å². The van der Waals surface area contributed by atoms with Crippen LogP contribution >= 0.6 is 11.6 Å². The van der Waals surface area contributed by atoms with E-state index in [1.807, 2.05) is 6.92 Å². The van der Waals surface area contributed by atoms with Gasteiger partial charge in [-0.25, -0.2) is 8.42 Å². The van der Waals surface area contributed by atoms with Gasteiger partial charge in [-0.15, -0.1) is 0 Å². The van der Waals surface area contributed by atoms with Crippen LogP contribution in [0.3, 0.4) is 0 Å². The molecule has 0 radical (unpaired) electrons. The Morgan fingerprint density at radius 2 is 1.86 bits per heavy atom. The summed E-state index contributed by atoms with van der Waals surface area (Å²) in [5, 5.41) is 7.96. The van der Waals surface area contributed by atoms with E-state index in [0.717, 1.165) is 5.56 Å². The third-order valence-electron chi connectivity index (χ3n) is 3.09. The van der Waals surface area contributed by atoms with Crippen molar-refractivity contribution in [3.8, 4) is 0 Å². The van der Waals surface area contributed by atoms with Gasteiger partial charge in [0.2, 0.25) is 0 Å². The summed E-state index contributed by atoms with van der Waals surface area (Å²) in [7, 11) is -3.67. The molecule has 0 saturated heterocycles. The maximum Gasteiger partial charge on any atom is 0.263 e. The summed E-state index contributed by atoms with van der Waals surface area (Å²) in [6.45, 7) is 1.90. The summed E-state index contributed by atoms with van der Waals surface area (Å²) in [5.74, 6) is 0.252. The number of anilines is 1. The van der Waals surface area contributed by atoms with Crippen LogP contribution in [0.2, 0.25) is 5.02 Å². The Hall–Kier alpha value is -2.05. The number of hydrogen-bond acceptors (Lipinski definition) is 3. The minimum absolute atomic E-state index is 0.193. The van der Waals surface area contributed by atoms with E-state index in [-0.39, 0.29) is 10.7 Å². The highest BCUT2D eigenvalue weighted by Crippen LogP contribution is 2.25. The molecule has 1 aromatic heterocycles. The van der Waals surface area contributed by atoms with E-state index in [2.05, 4.69) is 14.9 Å². The molecule has 5 nitrogen and oxygen atoms in total. The van der Waals surface area contributed by atoms with Crippen molar-refractivity contribution in [3.63, 3.8) is 0 Å². The molecule has 3 rings (SSSR count). The van der Waals surface area contributed by atoms with E-state index in [0.29, 0.717) is 15.9 Å². The Balaban J connectivity index is 1.99. The van der Waals surface area contributed by atoms with Crippen LogP contribution < -0.4 is 4.72 Å². The van der Waals surface area contributed by atoms with Crippen LogP contribution in [0.5, 0.6) is 0 Å². The lowest BCUT2D eigenvalue weighted by Gasteiger charge is -2.06. The Morgan fingerprint density at radius 1 is 1.14 bits per heavy atom. The van der Waals surface area contributed by atoms with Gasteiger partial charge in [0.25, 0.3) is 10.0 Å². The first kappa shape index (κ1) is 13.9. The van der Waals surface area contributed by atoms with E-state index >= 15 is 0 Å². The highest BCUT2D eigenvalue weighted by Gasteiger charge is 2.17. The van der Waals surface area contributed by atoms with Crippen molar-refractivity contribution in [1.29, 1.82) is 0 Å². The molecule has 0 saturated carbocycles. The quantitative estimate of drug-likeness (QED) is 0.777. The van der Waals surface area contributed by atoms with Crippen LogP contribution in [0.1, 0.15) is 5.56 Å². The number of aromatic nitrogens is 2. The Morgan fingerprint density at radius 3 is 2.57 bits per heavy atom. The number of rotatable bonds is 3. The zero-order valence-corrected chi connectivity index (χ0v) is 12.7. The Bertz CT molecular complexity index is 902. The predicted molar refractivity (Wildman–Crippen MR) is 83.1 cm³/mol. The summed E-state index contributed by atoms with van der Waals surface area (Å²) in [4.78, 5) is 0.193. The molecule has 7 heteroatoms. The molecular weight excluding hydrogens is 310 g/mol. The summed E-state index contributed by atoms with van der Waals surface area (Å²) >= 11 is 5.89. The van der Waals surface area contributed by atoms with Gasteiger partial charge < -0.3 is 0 Å². The second-order valence-electron chi connectivity index (χ2n) is 4.68. The number of aromatic amines is 1. The number of nitrogens with zero attached hydrogens (tertiary/aromatic N) is 1. The number of aryl methyl sites for hydroxylation is 1. The van der Waals surface area contributed by atoms with Gasteiger partial charge in [-0.3, -0.25) is 9.82 Å². The highest BCUT2D eigenvalue weighted by atomic mass is 35.5. The van der Waals surface area contributed by atoms with Gasteiger partial charge in [-0.2, -0.15) is 5.10 Å². The van der Waals surface area contributed by atoms with Crippen LogP contribution in [0.4, 0.5) is 5.82 Å². The SMILES string of the molecule is Cc1ccc(S(=O)(=O)Nc2n[nH]c3cc(Cl)ccc23)cc1. The number of fused-ring (bicyclic) bond motifs is 1. The molecule has 1 heterocycles. The molecule has 0 fully saturated rings. The number of nitrogens with one attached hydrogen (secondary N) is 2. The van der Waals surface area contributed by atoms with Crippen molar-refractivity contribution >= 4 is 38.3 Å². The van der Waals surface area contributed by atoms with Crippen molar-refractivity contribution < 1.29 is 8.42 Å². The molecule has 0 aliphatic carbocycles. The Labute approximate surface area is 127 Å². The van der Waals surface area contributed by atoms with E-state index in [4.69, 9.17) is 11.6 Å². The summed E-state index contributed by atoms with van der Waals surface area (Å²) in [5.41, 5.74) is 1.66. The molecule has 0 aliphatic heterocycles. The minimum Gasteiger partial charge on any atom is -0.276 e. The third kappa shape index (κ3) is 2.72. The van der Waals surface area contributed by atoms with Gasteiger partial charge >= 0.3 is 0 Å². The highest BCUT2D eigenvalue weighted by molar-refractivity contribution is 7.92. The van der Waals surface area contributed by atoms with Gasteiger partial charge in [-0.1, -0.05) is 29.3 Å². The first-order valence-corrected chi connectivity index (χ1v) is 8.05. The van der Waals surface area contributed by atoms with Crippen LogP contribution in [-0.4, -0.2) is 18.6 Å². The van der Waals surface area contributed by atoms with Crippen LogP contribution in [0.25, 0.3) is 10.9 Å². The summed E-state index contributed by atoms with van der Waals surface area (Å²) in [6.07, 6.45) is 0. The van der Waals surface area contributed by atoms with Gasteiger partial charge in [0.05, 0.1) is 10.4 Å². The molecule has 0 atom stereocenters. The van der Waals surface area contributed by atoms with Crippen molar-refractivity contribution in [3.05, 3.63) is 53.1 Å². The summed E-state index contributed by atoms with van der Waals surface area (Å²) < 4.78 is 27.1. The topological polar surface area (TPSA) is 74.8 Å².